The predicted molar refractivity (Wildman–Crippen MR) is 157 cm³/mol. The molecule has 1 fully saturated rings. The number of oxazole rings is 1. The monoisotopic (exact) mass is 582 g/mol. The van der Waals surface area contributed by atoms with E-state index in [1.165, 1.54) is 16.7 Å². The molecular formula is C30H38N4O6S. The number of aliphatic hydroxyl groups excluding tert-OH is 1. The van der Waals surface area contributed by atoms with Crippen molar-refractivity contribution < 1.29 is 28.6 Å². The SMILES string of the molecule is CC(C)[C@H](NC(=O)OC(C)(C)C)C(=O)N1CSC[C@H]1C(=O)N[C@@H](Cc1ccccc1)C(O)c1nc2ccccc2o1. The highest BCUT2D eigenvalue weighted by molar-refractivity contribution is 7.99. The molecule has 1 aromatic heterocycles. The van der Waals surface area contributed by atoms with E-state index in [4.69, 9.17) is 9.15 Å². The fourth-order valence-electron chi connectivity index (χ4n) is 4.58. The number of thioether (sulfide) groups is 1. The van der Waals surface area contributed by atoms with Gasteiger partial charge < -0.3 is 29.8 Å². The van der Waals surface area contributed by atoms with Crippen molar-refractivity contribution in [3.8, 4) is 0 Å². The van der Waals surface area contributed by atoms with Crippen LogP contribution in [0.1, 0.15) is 52.2 Å². The van der Waals surface area contributed by atoms with Crippen LogP contribution in [0.2, 0.25) is 0 Å². The van der Waals surface area contributed by atoms with Crippen LogP contribution in [0.5, 0.6) is 0 Å². The highest BCUT2D eigenvalue weighted by Crippen LogP contribution is 2.27. The number of rotatable bonds is 9. The minimum Gasteiger partial charge on any atom is -0.444 e. The predicted octanol–water partition coefficient (Wildman–Crippen LogP) is 4.04. The summed E-state index contributed by atoms with van der Waals surface area (Å²) >= 11 is 1.45. The van der Waals surface area contributed by atoms with Gasteiger partial charge in [-0.3, -0.25) is 9.59 Å². The maximum absolute atomic E-state index is 13.7. The van der Waals surface area contributed by atoms with Crippen LogP contribution in [0.15, 0.2) is 59.0 Å². The second-order valence-electron chi connectivity index (χ2n) is 11.5. The lowest BCUT2D eigenvalue weighted by molar-refractivity contribution is -0.141. The van der Waals surface area contributed by atoms with E-state index in [2.05, 4.69) is 15.6 Å². The molecule has 0 saturated carbocycles. The van der Waals surface area contributed by atoms with Gasteiger partial charge in [-0.2, -0.15) is 0 Å². The average Bonchev–Trinajstić information content (AvgIpc) is 3.58. The van der Waals surface area contributed by atoms with Gasteiger partial charge in [-0.25, -0.2) is 9.78 Å². The van der Waals surface area contributed by atoms with E-state index in [1.54, 1.807) is 32.9 Å². The van der Waals surface area contributed by atoms with Crippen LogP contribution < -0.4 is 10.6 Å². The van der Waals surface area contributed by atoms with E-state index < -0.39 is 41.8 Å². The molecule has 4 atom stereocenters. The van der Waals surface area contributed by atoms with Crippen molar-refractivity contribution in [1.29, 1.82) is 0 Å². The van der Waals surface area contributed by atoms with Crippen LogP contribution in [0.3, 0.4) is 0 Å². The molecule has 1 saturated heterocycles. The summed E-state index contributed by atoms with van der Waals surface area (Å²) in [6.45, 7) is 8.89. The molecule has 41 heavy (non-hydrogen) atoms. The maximum atomic E-state index is 13.7. The summed E-state index contributed by atoms with van der Waals surface area (Å²) < 4.78 is 11.2. The molecule has 11 heteroatoms. The molecule has 220 valence electrons. The molecule has 3 aromatic rings. The lowest BCUT2D eigenvalue weighted by Crippen LogP contribution is -2.57. The van der Waals surface area contributed by atoms with Crippen molar-refractivity contribution in [1.82, 2.24) is 20.5 Å². The molecule has 4 rings (SSSR count). The molecule has 2 aromatic carbocycles. The van der Waals surface area contributed by atoms with Crippen molar-refractivity contribution >= 4 is 40.8 Å². The topological polar surface area (TPSA) is 134 Å². The minimum absolute atomic E-state index is 0.0996. The van der Waals surface area contributed by atoms with Crippen LogP contribution in [-0.4, -0.2) is 68.3 Å². The van der Waals surface area contributed by atoms with Crippen molar-refractivity contribution in [3.63, 3.8) is 0 Å². The first-order valence-corrected chi connectivity index (χ1v) is 14.8. The standard InChI is InChI=1S/C30H38N4O6S/c1-18(2)24(33-29(38)40-30(3,4)5)28(37)34-17-41-16-22(34)26(36)31-21(15-19-11-7-6-8-12-19)25(35)27-32-20-13-9-10-14-23(20)39-27/h6-14,18,21-22,24-25,35H,15-17H2,1-5H3,(H,31,36)(H,33,38)/t21-,22-,24-,25?/m0/s1. The Kier molecular flexibility index (Phi) is 9.60. The fourth-order valence-corrected chi connectivity index (χ4v) is 5.74. The zero-order valence-electron chi connectivity index (χ0n) is 24.0. The lowest BCUT2D eigenvalue weighted by Gasteiger charge is -2.31. The van der Waals surface area contributed by atoms with Gasteiger partial charge in [-0.15, -0.1) is 11.8 Å². The number of para-hydroxylation sites is 2. The molecule has 0 aliphatic carbocycles. The van der Waals surface area contributed by atoms with Gasteiger partial charge >= 0.3 is 6.09 Å². The van der Waals surface area contributed by atoms with E-state index in [9.17, 15) is 19.5 Å². The molecule has 3 N–H and O–H groups in total. The minimum atomic E-state index is -1.23. The number of amides is 3. The molecular weight excluding hydrogens is 544 g/mol. The average molecular weight is 583 g/mol. The summed E-state index contributed by atoms with van der Waals surface area (Å²) in [6, 6.07) is 14.3. The second-order valence-corrected chi connectivity index (χ2v) is 12.5. The number of ether oxygens (including phenoxy) is 1. The van der Waals surface area contributed by atoms with Gasteiger partial charge in [0.05, 0.1) is 11.9 Å². The summed E-state index contributed by atoms with van der Waals surface area (Å²) in [5.41, 5.74) is 1.33. The number of hydrogen-bond acceptors (Lipinski definition) is 8. The first-order valence-electron chi connectivity index (χ1n) is 13.7. The summed E-state index contributed by atoms with van der Waals surface area (Å²) in [4.78, 5) is 45.7. The third kappa shape index (κ3) is 7.80. The smallest absolute Gasteiger partial charge is 0.408 e. The number of nitrogens with zero attached hydrogens (tertiary/aromatic N) is 2. The molecule has 1 aliphatic rings. The Morgan fingerprint density at radius 3 is 2.44 bits per heavy atom. The normalized spacial score (nSPS) is 17.7. The Balaban J connectivity index is 1.52. The second kappa shape index (κ2) is 12.9. The number of hydrogen-bond donors (Lipinski definition) is 3. The number of carbonyl (C=O) groups is 3. The van der Waals surface area contributed by atoms with Gasteiger partial charge in [-0.1, -0.05) is 56.3 Å². The summed E-state index contributed by atoms with van der Waals surface area (Å²) in [6.07, 6.45) is -1.61. The molecule has 1 unspecified atom stereocenters. The van der Waals surface area contributed by atoms with Gasteiger partial charge in [0, 0.05) is 5.75 Å². The summed E-state index contributed by atoms with van der Waals surface area (Å²) in [7, 11) is 0. The van der Waals surface area contributed by atoms with Gasteiger partial charge in [0.1, 0.15) is 23.2 Å². The van der Waals surface area contributed by atoms with E-state index in [0.29, 0.717) is 29.2 Å². The van der Waals surface area contributed by atoms with Crippen LogP contribution in [0, 0.1) is 5.92 Å². The Bertz CT molecular complexity index is 1320. The maximum Gasteiger partial charge on any atom is 0.408 e. The highest BCUT2D eigenvalue weighted by atomic mass is 32.2. The molecule has 10 nitrogen and oxygen atoms in total. The van der Waals surface area contributed by atoms with Crippen molar-refractivity contribution in [2.24, 2.45) is 5.92 Å². The van der Waals surface area contributed by atoms with Crippen LogP contribution >= 0.6 is 11.8 Å². The molecule has 0 bridgehead atoms. The van der Waals surface area contributed by atoms with Gasteiger partial charge in [0.25, 0.3) is 0 Å². The van der Waals surface area contributed by atoms with E-state index in [-0.39, 0.29) is 17.7 Å². The zero-order valence-corrected chi connectivity index (χ0v) is 24.8. The van der Waals surface area contributed by atoms with Crippen LogP contribution in [0.4, 0.5) is 4.79 Å². The first-order chi connectivity index (χ1) is 19.4. The molecule has 2 heterocycles. The van der Waals surface area contributed by atoms with Gasteiger partial charge in [0.2, 0.25) is 17.7 Å². The Morgan fingerprint density at radius 1 is 1.10 bits per heavy atom. The van der Waals surface area contributed by atoms with Crippen molar-refractivity contribution in [2.45, 2.75) is 70.9 Å². The number of nitrogens with one attached hydrogen (secondary N) is 2. The number of fused-ring (bicyclic) bond motifs is 1. The Morgan fingerprint density at radius 2 is 1.78 bits per heavy atom. The highest BCUT2D eigenvalue weighted by Gasteiger charge is 2.41. The van der Waals surface area contributed by atoms with Crippen LogP contribution in [0.25, 0.3) is 11.1 Å². The quantitative estimate of drug-likeness (QED) is 0.344. The number of aliphatic hydroxyl groups is 1. The Hall–Kier alpha value is -3.57. The number of carbonyl (C=O) groups excluding carboxylic acids is 3. The van der Waals surface area contributed by atoms with E-state index >= 15 is 0 Å². The summed E-state index contributed by atoms with van der Waals surface area (Å²) in [5.74, 6) is -0.230. The van der Waals surface area contributed by atoms with E-state index in [1.807, 2.05) is 56.3 Å². The van der Waals surface area contributed by atoms with Crippen molar-refractivity contribution in [3.05, 3.63) is 66.1 Å². The molecule has 3 amide bonds. The Labute approximate surface area is 244 Å². The first kappa shape index (κ1) is 30.4. The van der Waals surface area contributed by atoms with Gasteiger partial charge in [0.15, 0.2) is 11.7 Å². The summed E-state index contributed by atoms with van der Waals surface area (Å²) in [5, 5.41) is 17.0. The largest absolute Gasteiger partial charge is 0.444 e. The lowest BCUT2D eigenvalue weighted by atomic mass is 10.00. The third-order valence-electron chi connectivity index (χ3n) is 6.64. The number of benzene rings is 2. The number of alkyl carbamates (subject to hydrolysis) is 1. The fraction of sp³-hybridized carbons (Fsp3) is 0.467. The zero-order chi connectivity index (χ0) is 29.7. The third-order valence-corrected chi connectivity index (χ3v) is 7.66. The molecule has 1 aliphatic heterocycles. The number of aromatic nitrogens is 1. The molecule has 0 radical (unpaired) electrons. The van der Waals surface area contributed by atoms with E-state index in [0.717, 1.165) is 5.56 Å². The van der Waals surface area contributed by atoms with Crippen LogP contribution in [-0.2, 0) is 20.7 Å². The molecule has 0 spiro atoms. The van der Waals surface area contributed by atoms with Crippen molar-refractivity contribution in [2.75, 3.05) is 11.6 Å². The van der Waals surface area contributed by atoms with Gasteiger partial charge in [-0.05, 0) is 50.8 Å².